The van der Waals surface area contributed by atoms with Crippen molar-refractivity contribution in [1.29, 1.82) is 0 Å². The summed E-state index contributed by atoms with van der Waals surface area (Å²) in [7, 11) is 2.98. The standard InChI is InChI=1S/C20H18N2O6/c1-26-12-7-8-16(17(9-12)27-2)22-19(24)11-28-20(25)14-10-18(23)21-15-6-4-3-5-13(14)15/h3-10H,11H2,1-2H3,(H,21,23)(H,22,24). The van der Waals surface area contributed by atoms with Gasteiger partial charge < -0.3 is 24.5 Å². The van der Waals surface area contributed by atoms with Crippen LogP contribution in [0.25, 0.3) is 10.9 Å². The Morgan fingerprint density at radius 2 is 1.82 bits per heavy atom. The van der Waals surface area contributed by atoms with Crippen LogP contribution in [0, 0.1) is 0 Å². The first kappa shape index (κ1) is 19.0. The lowest BCUT2D eigenvalue weighted by atomic mass is 10.1. The molecule has 0 radical (unpaired) electrons. The number of H-pyrrole nitrogens is 1. The van der Waals surface area contributed by atoms with Gasteiger partial charge in [0.05, 0.1) is 25.5 Å². The maximum absolute atomic E-state index is 12.4. The van der Waals surface area contributed by atoms with E-state index in [4.69, 9.17) is 14.2 Å². The highest BCUT2D eigenvalue weighted by Crippen LogP contribution is 2.28. The van der Waals surface area contributed by atoms with Gasteiger partial charge in [-0.05, 0) is 18.2 Å². The van der Waals surface area contributed by atoms with Crippen LogP contribution in [0.3, 0.4) is 0 Å². The van der Waals surface area contributed by atoms with Gasteiger partial charge in [-0.2, -0.15) is 0 Å². The Morgan fingerprint density at radius 1 is 1.04 bits per heavy atom. The minimum Gasteiger partial charge on any atom is -0.497 e. The number of hydrogen-bond acceptors (Lipinski definition) is 6. The van der Waals surface area contributed by atoms with Crippen LogP contribution in [0.5, 0.6) is 11.5 Å². The van der Waals surface area contributed by atoms with Gasteiger partial charge in [-0.1, -0.05) is 18.2 Å². The van der Waals surface area contributed by atoms with E-state index in [-0.39, 0.29) is 5.56 Å². The Bertz CT molecular complexity index is 1090. The number of aromatic nitrogens is 1. The van der Waals surface area contributed by atoms with Gasteiger partial charge in [0, 0.05) is 23.0 Å². The highest BCUT2D eigenvalue weighted by atomic mass is 16.5. The summed E-state index contributed by atoms with van der Waals surface area (Å²) >= 11 is 0. The largest absolute Gasteiger partial charge is 0.497 e. The molecule has 144 valence electrons. The third-order valence-electron chi connectivity index (χ3n) is 3.99. The van der Waals surface area contributed by atoms with Crippen molar-refractivity contribution in [2.75, 3.05) is 26.1 Å². The Balaban J connectivity index is 1.70. The van der Waals surface area contributed by atoms with Crippen LogP contribution < -0.4 is 20.3 Å². The van der Waals surface area contributed by atoms with Gasteiger partial charge in [-0.25, -0.2) is 4.79 Å². The second-order valence-corrected chi connectivity index (χ2v) is 5.78. The minimum absolute atomic E-state index is 0.0918. The summed E-state index contributed by atoms with van der Waals surface area (Å²) in [5, 5.41) is 3.14. The Labute approximate surface area is 160 Å². The number of nitrogens with one attached hydrogen (secondary N) is 2. The van der Waals surface area contributed by atoms with Crippen LogP contribution >= 0.6 is 0 Å². The van der Waals surface area contributed by atoms with Crippen LogP contribution in [0.15, 0.2) is 53.3 Å². The number of anilines is 1. The summed E-state index contributed by atoms with van der Waals surface area (Å²) in [5.41, 5.74) is 0.576. The number of amides is 1. The van der Waals surface area contributed by atoms with E-state index >= 15 is 0 Å². The van der Waals surface area contributed by atoms with Crippen molar-refractivity contribution in [3.63, 3.8) is 0 Å². The number of rotatable bonds is 6. The van der Waals surface area contributed by atoms with E-state index in [2.05, 4.69) is 10.3 Å². The van der Waals surface area contributed by atoms with Crippen molar-refractivity contribution < 1.29 is 23.8 Å². The van der Waals surface area contributed by atoms with E-state index in [9.17, 15) is 14.4 Å². The zero-order valence-electron chi connectivity index (χ0n) is 15.3. The molecular formula is C20H18N2O6. The van der Waals surface area contributed by atoms with Crippen LogP contribution in [0.1, 0.15) is 10.4 Å². The van der Waals surface area contributed by atoms with Gasteiger partial charge in [0.25, 0.3) is 5.91 Å². The summed E-state index contributed by atoms with van der Waals surface area (Å²) < 4.78 is 15.4. The molecule has 2 N–H and O–H groups in total. The fourth-order valence-corrected chi connectivity index (χ4v) is 2.67. The zero-order valence-corrected chi connectivity index (χ0v) is 15.3. The van der Waals surface area contributed by atoms with E-state index in [0.29, 0.717) is 28.1 Å². The van der Waals surface area contributed by atoms with Gasteiger partial charge in [0.1, 0.15) is 11.5 Å². The second kappa shape index (κ2) is 8.26. The number of fused-ring (bicyclic) bond motifs is 1. The van der Waals surface area contributed by atoms with E-state index in [1.807, 2.05) is 0 Å². The summed E-state index contributed by atoms with van der Waals surface area (Å²) in [6.45, 7) is -0.519. The van der Waals surface area contributed by atoms with Gasteiger partial charge in [0.15, 0.2) is 6.61 Å². The topological polar surface area (TPSA) is 107 Å². The van der Waals surface area contributed by atoms with Gasteiger partial charge >= 0.3 is 5.97 Å². The number of aromatic amines is 1. The third kappa shape index (κ3) is 4.12. The number of carbonyl (C=O) groups is 2. The van der Waals surface area contributed by atoms with Crippen molar-refractivity contribution in [2.24, 2.45) is 0 Å². The molecule has 0 spiro atoms. The number of carbonyl (C=O) groups excluding carboxylic acids is 2. The predicted molar refractivity (Wildman–Crippen MR) is 103 cm³/mol. The minimum atomic E-state index is -0.765. The molecule has 0 saturated heterocycles. The van der Waals surface area contributed by atoms with E-state index < -0.39 is 24.0 Å². The maximum Gasteiger partial charge on any atom is 0.339 e. The smallest absolute Gasteiger partial charge is 0.339 e. The van der Waals surface area contributed by atoms with Crippen molar-refractivity contribution >= 4 is 28.5 Å². The zero-order chi connectivity index (χ0) is 20.1. The number of ether oxygens (including phenoxy) is 3. The fourth-order valence-electron chi connectivity index (χ4n) is 2.67. The van der Waals surface area contributed by atoms with E-state index in [1.165, 1.54) is 14.2 Å². The molecular weight excluding hydrogens is 364 g/mol. The molecule has 2 aromatic carbocycles. The second-order valence-electron chi connectivity index (χ2n) is 5.78. The Kier molecular flexibility index (Phi) is 5.59. The first-order valence-electron chi connectivity index (χ1n) is 8.33. The van der Waals surface area contributed by atoms with Crippen LogP contribution in [0.4, 0.5) is 5.69 Å². The monoisotopic (exact) mass is 382 g/mol. The molecule has 0 atom stereocenters. The molecule has 0 bridgehead atoms. The van der Waals surface area contributed by atoms with E-state index in [0.717, 1.165) is 6.07 Å². The number of para-hydroxylation sites is 1. The maximum atomic E-state index is 12.4. The van der Waals surface area contributed by atoms with Crippen molar-refractivity contribution in [1.82, 2.24) is 4.98 Å². The molecule has 28 heavy (non-hydrogen) atoms. The highest BCUT2D eigenvalue weighted by molar-refractivity contribution is 6.04. The SMILES string of the molecule is COc1ccc(NC(=O)COC(=O)c2cc(=O)[nH]c3ccccc23)c(OC)c1. The van der Waals surface area contributed by atoms with Crippen molar-refractivity contribution in [2.45, 2.75) is 0 Å². The third-order valence-corrected chi connectivity index (χ3v) is 3.99. The molecule has 0 aliphatic heterocycles. The molecule has 0 aliphatic carbocycles. The summed E-state index contributed by atoms with van der Waals surface area (Å²) in [5.74, 6) is -0.341. The molecule has 8 heteroatoms. The quantitative estimate of drug-likeness (QED) is 0.634. The molecule has 0 aliphatic rings. The molecule has 0 unspecified atom stereocenters. The average Bonchev–Trinajstić information content (AvgIpc) is 2.71. The number of benzene rings is 2. The molecule has 1 heterocycles. The summed E-state index contributed by atoms with van der Waals surface area (Å²) in [6, 6.07) is 12.9. The van der Waals surface area contributed by atoms with Gasteiger partial charge in [-0.15, -0.1) is 0 Å². The molecule has 0 fully saturated rings. The van der Waals surface area contributed by atoms with Gasteiger partial charge in [0.2, 0.25) is 5.56 Å². The van der Waals surface area contributed by atoms with E-state index in [1.54, 1.807) is 42.5 Å². The van der Waals surface area contributed by atoms with Gasteiger partial charge in [-0.3, -0.25) is 9.59 Å². The summed E-state index contributed by atoms with van der Waals surface area (Å²) in [4.78, 5) is 38.9. The molecule has 1 aromatic heterocycles. The predicted octanol–water partition coefficient (Wildman–Crippen LogP) is 2.34. The molecule has 3 rings (SSSR count). The lowest BCUT2D eigenvalue weighted by Gasteiger charge is -2.12. The Hall–Kier alpha value is -3.81. The molecule has 0 saturated carbocycles. The fraction of sp³-hybridized carbons (Fsp3) is 0.150. The molecule has 1 amide bonds. The highest BCUT2D eigenvalue weighted by Gasteiger charge is 2.16. The molecule has 8 nitrogen and oxygen atoms in total. The van der Waals surface area contributed by atoms with Crippen LogP contribution in [-0.2, 0) is 9.53 Å². The lowest BCUT2D eigenvalue weighted by molar-refractivity contribution is -0.119. The Morgan fingerprint density at radius 3 is 2.57 bits per heavy atom. The number of esters is 1. The number of methoxy groups -OCH3 is 2. The summed E-state index contributed by atoms with van der Waals surface area (Å²) in [6.07, 6.45) is 0. The normalized spacial score (nSPS) is 10.4. The molecule has 3 aromatic rings. The van der Waals surface area contributed by atoms with Crippen LogP contribution in [0.2, 0.25) is 0 Å². The number of pyridine rings is 1. The first-order chi connectivity index (χ1) is 13.5. The first-order valence-corrected chi connectivity index (χ1v) is 8.33. The number of hydrogen-bond donors (Lipinski definition) is 2. The van der Waals surface area contributed by atoms with Crippen molar-refractivity contribution in [3.8, 4) is 11.5 Å². The average molecular weight is 382 g/mol. The lowest BCUT2D eigenvalue weighted by Crippen LogP contribution is -2.22. The van der Waals surface area contributed by atoms with Crippen molar-refractivity contribution in [3.05, 3.63) is 64.4 Å². The van der Waals surface area contributed by atoms with Crippen LogP contribution in [-0.4, -0.2) is 37.7 Å².